The predicted octanol–water partition coefficient (Wildman–Crippen LogP) is 1.03. The van der Waals surface area contributed by atoms with Crippen LogP contribution in [-0.2, 0) is 19.1 Å². The zero-order valence-electron chi connectivity index (χ0n) is 7.91. The number of carbonyl (C=O) groups is 2. The van der Waals surface area contributed by atoms with Crippen molar-refractivity contribution in [2.75, 3.05) is 0 Å². The molecule has 0 aromatic heterocycles. The Balaban J connectivity index is 2.14. The Morgan fingerprint density at radius 1 is 1.31 bits per heavy atom. The molecule has 0 amide bonds. The minimum absolute atomic E-state index is 0.0550. The first-order chi connectivity index (χ1) is 6.08. The third-order valence-electron chi connectivity index (χ3n) is 1.48. The van der Waals surface area contributed by atoms with E-state index in [1.165, 1.54) is 0 Å². The van der Waals surface area contributed by atoms with Gasteiger partial charge in [0.1, 0.15) is 12.5 Å². The lowest BCUT2D eigenvalue weighted by atomic mass is 10.4. The van der Waals surface area contributed by atoms with Gasteiger partial charge in [-0.2, -0.15) is 0 Å². The van der Waals surface area contributed by atoms with Crippen molar-refractivity contribution >= 4 is 11.9 Å². The number of carbonyl (C=O) groups excluding carboxylic acids is 2. The second-order valence-electron chi connectivity index (χ2n) is 3.40. The van der Waals surface area contributed by atoms with Crippen molar-refractivity contribution < 1.29 is 19.1 Å². The fourth-order valence-electron chi connectivity index (χ4n) is 0.836. The maximum Gasteiger partial charge on any atom is 0.317 e. The van der Waals surface area contributed by atoms with Gasteiger partial charge in [0.2, 0.25) is 0 Å². The number of rotatable bonds is 4. The van der Waals surface area contributed by atoms with Gasteiger partial charge in [-0.25, -0.2) is 0 Å². The molecule has 1 aliphatic carbocycles. The van der Waals surface area contributed by atoms with Gasteiger partial charge in [-0.05, 0) is 26.7 Å². The number of esters is 2. The molecule has 1 rings (SSSR count). The average Bonchev–Trinajstić information content (AvgIpc) is 2.67. The van der Waals surface area contributed by atoms with E-state index in [4.69, 9.17) is 9.47 Å². The van der Waals surface area contributed by atoms with Gasteiger partial charge < -0.3 is 9.47 Å². The van der Waals surface area contributed by atoms with E-state index >= 15 is 0 Å². The molecule has 1 saturated carbocycles. The van der Waals surface area contributed by atoms with Gasteiger partial charge in [0.25, 0.3) is 0 Å². The van der Waals surface area contributed by atoms with E-state index in [0.717, 1.165) is 12.8 Å². The maximum atomic E-state index is 11.0. The van der Waals surface area contributed by atoms with Crippen LogP contribution < -0.4 is 0 Å². The summed E-state index contributed by atoms with van der Waals surface area (Å²) in [6.07, 6.45) is 1.45. The first-order valence-electron chi connectivity index (χ1n) is 4.47. The van der Waals surface area contributed by atoms with Crippen LogP contribution >= 0.6 is 0 Å². The highest BCUT2D eigenvalue weighted by Gasteiger charge is 2.27. The topological polar surface area (TPSA) is 52.6 Å². The lowest BCUT2D eigenvalue weighted by Gasteiger charge is -2.07. The summed E-state index contributed by atoms with van der Waals surface area (Å²) in [6, 6.07) is 0. The Morgan fingerprint density at radius 2 is 1.92 bits per heavy atom. The van der Waals surface area contributed by atoms with E-state index in [0.29, 0.717) is 0 Å². The van der Waals surface area contributed by atoms with Gasteiger partial charge in [0, 0.05) is 0 Å². The summed E-state index contributed by atoms with van der Waals surface area (Å²) in [5.74, 6) is -0.992. The highest BCUT2D eigenvalue weighted by Crippen LogP contribution is 2.23. The second kappa shape index (κ2) is 4.25. The summed E-state index contributed by atoms with van der Waals surface area (Å²) in [5, 5.41) is 0. The van der Waals surface area contributed by atoms with Crippen molar-refractivity contribution in [2.45, 2.75) is 45.3 Å². The van der Waals surface area contributed by atoms with Gasteiger partial charge in [-0.3, -0.25) is 9.59 Å². The molecule has 4 nitrogen and oxygen atoms in total. The van der Waals surface area contributed by atoms with Crippen LogP contribution in [0.3, 0.4) is 0 Å². The zero-order chi connectivity index (χ0) is 9.84. The van der Waals surface area contributed by atoms with Crippen molar-refractivity contribution in [2.24, 2.45) is 0 Å². The molecular weight excluding hydrogens is 172 g/mol. The third-order valence-corrected chi connectivity index (χ3v) is 1.48. The predicted molar refractivity (Wildman–Crippen MR) is 45.0 cm³/mol. The fourth-order valence-corrected chi connectivity index (χ4v) is 0.836. The summed E-state index contributed by atoms with van der Waals surface area (Å²) in [4.78, 5) is 21.9. The molecule has 0 radical (unpaired) electrons. The van der Waals surface area contributed by atoms with Crippen LogP contribution in [0.5, 0.6) is 0 Å². The smallest absolute Gasteiger partial charge is 0.317 e. The van der Waals surface area contributed by atoms with Crippen LogP contribution in [-0.4, -0.2) is 24.1 Å². The molecule has 0 atom stereocenters. The van der Waals surface area contributed by atoms with E-state index in [1.807, 2.05) is 0 Å². The third kappa shape index (κ3) is 4.50. The van der Waals surface area contributed by atoms with Crippen LogP contribution in [0.2, 0.25) is 0 Å². The largest absolute Gasteiger partial charge is 0.463 e. The minimum Gasteiger partial charge on any atom is -0.463 e. The molecule has 74 valence electrons. The van der Waals surface area contributed by atoms with Gasteiger partial charge >= 0.3 is 11.9 Å². The highest BCUT2D eigenvalue weighted by atomic mass is 16.6. The van der Waals surface area contributed by atoms with Crippen LogP contribution in [0.1, 0.15) is 33.1 Å². The van der Waals surface area contributed by atoms with Crippen molar-refractivity contribution in [1.29, 1.82) is 0 Å². The van der Waals surface area contributed by atoms with E-state index in [1.54, 1.807) is 13.8 Å². The van der Waals surface area contributed by atoms with Crippen molar-refractivity contribution in [3.63, 3.8) is 0 Å². The summed E-state index contributed by atoms with van der Waals surface area (Å²) in [5.41, 5.74) is 0. The maximum absolute atomic E-state index is 11.0. The Hall–Kier alpha value is -1.06. The first kappa shape index (κ1) is 10.0. The van der Waals surface area contributed by atoms with Gasteiger partial charge in [-0.1, -0.05) is 0 Å². The molecule has 1 fully saturated rings. The van der Waals surface area contributed by atoms with Gasteiger partial charge in [0.05, 0.1) is 6.10 Å². The van der Waals surface area contributed by atoms with Gasteiger partial charge in [0.15, 0.2) is 0 Å². The molecule has 0 unspecified atom stereocenters. The number of ether oxygens (including phenoxy) is 2. The van der Waals surface area contributed by atoms with Crippen molar-refractivity contribution in [3.8, 4) is 0 Å². The molecule has 0 N–H and O–H groups in total. The molecule has 0 saturated heterocycles. The van der Waals surface area contributed by atoms with Crippen molar-refractivity contribution in [1.82, 2.24) is 0 Å². The molecule has 4 heteroatoms. The number of hydrogen-bond acceptors (Lipinski definition) is 4. The second-order valence-corrected chi connectivity index (χ2v) is 3.40. The normalized spacial score (nSPS) is 15.6. The van der Waals surface area contributed by atoms with E-state index in [2.05, 4.69) is 0 Å². The molecule has 0 aromatic carbocycles. The fraction of sp³-hybridized carbons (Fsp3) is 0.778. The molecule has 0 spiro atoms. The summed E-state index contributed by atoms with van der Waals surface area (Å²) in [7, 11) is 0. The Labute approximate surface area is 77.2 Å². The lowest BCUT2D eigenvalue weighted by Crippen LogP contribution is -2.17. The molecule has 0 heterocycles. The monoisotopic (exact) mass is 186 g/mol. The van der Waals surface area contributed by atoms with E-state index < -0.39 is 11.9 Å². The van der Waals surface area contributed by atoms with E-state index in [9.17, 15) is 9.59 Å². The quantitative estimate of drug-likeness (QED) is 0.486. The van der Waals surface area contributed by atoms with Gasteiger partial charge in [-0.15, -0.1) is 0 Å². The first-order valence-corrected chi connectivity index (χ1v) is 4.47. The Bertz CT molecular complexity index is 192. The molecule has 0 bridgehead atoms. The van der Waals surface area contributed by atoms with Crippen LogP contribution in [0.4, 0.5) is 0 Å². The van der Waals surface area contributed by atoms with Crippen molar-refractivity contribution in [3.05, 3.63) is 0 Å². The lowest BCUT2D eigenvalue weighted by molar-refractivity contribution is -0.157. The SMILES string of the molecule is CC(C)OC(=O)CC(=O)OC1CC1. The molecule has 0 aliphatic heterocycles. The minimum atomic E-state index is -0.513. The summed E-state index contributed by atoms with van der Waals surface area (Å²) < 4.78 is 9.66. The zero-order valence-corrected chi connectivity index (χ0v) is 7.91. The average molecular weight is 186 g/mol. The standard InChI is InChI=1S/C9H14O4/c1-6(2)12-8(10)5-9(11)13-7-3-4-7/h6-7H,3-5H2,1-2H3. The van der Waals surface area contributed by atoms with Crippen LogP contribution in [0.25, 0.3) is 0 Å². The Kier molecular flexibility index (Phi) is 3.28. The molecular formula is C9H14O4. The number of hydrogen-bond donors (Lipinski definition) is 0. The van der Waals surface area contributed by atoms with E-state index in [-0.39, 0.29) is 18.6 Å². The molecule has 0 aromatic rings. The molecule has 1 aliphatic rings. The highest BCUT2D eigenvalue weighted by molar-refractivity contribution is 5.91. The van der Waals surface area contributed by atoms with Crippen LogP contribution in [0.15, 0.2) is 0 Å². The van der Waals surface area contributed by atoms with Crippen LogP contribution in [0, 0.1) is 0 Å². The summed E-state index contributed by atoms with van der Waals surface area (Å²) in [6.45, 7) is 3.48. The molecule has 13 heavy (non-hydrogen) atoms. The Morgan fingerprint density at radius 3 is 2.38 bits per heavy atom. The summed E-state index contributed by atoms with van der Waals surface area (Å²) >= 11 is 0.